The number of methoxy groups -OCH3 is 1. The van der Waals surface area contributed by atoms with E-state index in [-0.39, 0.29) is 11.8 Å². The van der Waals surface area contributed by atoms with Gasteiger partial charge in [0.1, 0.15) is 17.3 Å². The van der Waals surface area contributed by atoms with Crippen LogP contribution in [-0.2, 0) is 4.79 Å². The summed E-state index contributed by atoms with van der Waals surface area (Å²) in [7, 11) is 1.68. The fraction of sp³-hybridized carbons (Fsp3) is 0.368. The van der Waals surface area contributed by atoms with Gasteiger partial charge in [-0.15, -0.1) is 11.3 Å². The summed E-state index contributed by atoms with van der Waals surface area (Å²) in [5, 5.41) is 2.07. The normalized spacial score (nSPS) is 17.8. The lowest BCUT2D eigenvalue weighted by molar-refractivity contribution is -0.130. The van der Waals surface area contributed by atoms with Gasteiger partial charge in [0.25, 0.3) is 0 Å². The minimum atomic E-state index is 0.144. The van der Waals surface area contributed by atoms with E-state index in [1.165, 1.54) is 0 Å². The summed E-state index contributed by atoms with van der Waals surface area (Å²) in [6, 6.07) is 8.14. The zero-order valence-corrected chi connectivity index (χ0v) is 15.3. The molecule has 1 atom stereocenters. The van der Waals surface area contributed by atoms with Crippen LogP contribution in [0.3, 0.4) is 0 Å². The van der Waals surface area contributed by atoms with E-state index in [0.29, 0.717) is 0 Å². The molecule has 0 aromatic carbocycles. The standard InChI is InChI=1S/C19H21N3O2S/c1-13(23)21-8-3-5-14(12-21)19-20-18(17-6-4-10-25-17)16-11-15(24-2)7-9-22(16)19/h4,6-7,9-11,14H,3,5,8,12H2,1-2H3. The Kier molecular flexibility index (Phi) is 4.21. The Labute approximate surface area is 150 Å². The lowest BCUT2D eigenvalue weighted by Gasteiger charge is -2.31. The summed E-state index contributed by atoms with van der Waals surface area (Å²) < 4.78 is 7.57. The van der Waals surface area contributed by atoms with E-state index in [2.05, 4.69) is 15.8 Å². The first-order valence-corrected chi connectivity index (χ1v) is 9.40. The number of hydrogen-bond acceptors (Lipinski definition) is 4. The van der Waals surface area contributed by atoms with Gasteiger partial charge in [-0.05, 0) is 30.4 Å². The molecule has 1 aliphatic heterocycles. The fourth-order valence-electron chi connectivity index (χ4n) is 3.57. The second-order valence-corrected chi connectivity index (χ2v) is 7.37. The molecule has 4 heterocycles. The molecular weight excluding hydrogens is 334 g/mol. The monoisotopic (exact) mass is 355 g/mol. The number of rotatable bonds is 3. The Morgan fingerprint density at radius 2 is 2.28 bits per heavy atom. The van der Waals surface area contributed by atoms with Gasteiger partial charge in [-0.2, -0.15) is 0 Å². The summed E-state index contributed by atoms with van der Waals surface area (Å²) in [6.07, 6.45) is 4.10. The first-order valence-electron chi connectivity index (χ1n) is 8.52. The number of aromatic nitrogens is 2. The maximum atomic E-state index is 11.8. The van der Waals surface area contributed by atoms with Crippen LogP contribution in [0.25, 0.3) is 16.1 Å². The Morgan fingerprint density at radius 3 is 3.00 bits per heavy atom. The largest absolute Gasteiger partial charge is 0.497 e. The molecule has 1 fully saturated rings. The number of thiophene rings is 1. The number of piperidine rings is 1. The number of carbonyl (C=O) groups excluding carboxylic acids is 1. The van der Waals surface area contributed by atoms with Crippen molar-refractivity contribution in [2.45, 2.75) is 25.7 Å². The van der Waals surface area contributed by atoms with Crippen LogP contribution in [0, 0.1) is 0 Å². The highest BCUT2D eigenvalue weighted by Gasteiger charge is 2.27. The predicted molar refractivity (Wildman–Crippen MR) is 99.3 cm³/mol. The molecule has 25 heavy (non-hydrogen) atoms. The third kappa shape index (κ3) is 2.91. The van der Waals surface area contributed by atoms with Gasteiger partial charge in [0.2, 0.25) is 5.91 Å². The van der Waals surface area contributed by atoms with Crippen LogP contribution in [0.4, 0.5) is 0 Å². The zero-order valence-electron chi connectivity index (χ0n) is 14.4. The molecule has 1 saturated heterocycles. The van der Waals surface area contributed by atoms with Crippen molar-refractivity contribution in [3.05, 3.63) is 41.7 Å². The van der Waals surface area contributed by atoms with E-state index in [4.69, 9.17) is 9.72 Å². The second kappa shape index (κ2) is 6.52. The van der Waals surface area contributed by atoms with Crippen LogP contribution in [0.2, 0.25) is 0 Å². The zero-order chi connectivity index (χ0) is 17.4. The Bertz CT molecular complexity index is 901. The molecule has 0 aliphatic carbocycles. The van der Waals surface area contributed by atoms with E-state index in [0.717, 1.165) is 53.6 Å². The molecule has 0 N–H and O–H groups in total. The van der Waals surface area contributed by atoms with E-state index in [1.807, 2.05) is 29.3 Å². The van der Waals surface area contributed by atoms with Crippen molar-refractivity contribution in [3.8, 4) is 16.3 Å². The van der Waals surface area contributed by atoms with Crippen molar-refractivity contribution in [3.63, 3.8) is 0 Å². The first kappa shape index (κ1) is 16.1. The number of nitrogens with zero attached hydrogens (tertiary/aromatic N) is 3. The van der Waals surface area contributed by atoms with Crippen LogP contribution < -0.4 is 4.74 Å². The molecule has 3 aromatic heterocycles. The third-order valence-corrected chi connectivity index (χ3v) is 5.74. The van der Waals surface area contributed by atoms with Crippen LogP contribution in [0.15, 0.2) is 35.8 Å². The SMILES string of the molecule is COc1ccn2c(C3CCCN(C(C)=O)C3)nc(-c3cccs3)c2c1. The third-order valence-electron chi connectivity index (χ3n) is 4.86. The summed E-state index contributed by atoms with van der Waals surface area (Å²) in [5.74, 6) is 2.26. The molecule has 4 rings (SSSR count). The van der Waals surface area contributed by atoms with Crippen molar-refractivity contribution in [1.82, 2.24) is 14.3 Å². The molecule has 130 valence electrons. The Balaban J connectivity index is 1.82. The molecular formula is C19H21N3O2S. The Hall–Kier alpha value is -2.34. The molecule has 3 aromatic rings. The lowest BCUT2D eigenvalue weighted by atomic mass is 9.97. The van der Waals surface area contributed by atoms with E-state index < -0.39 is 0 Å². The van der Waals surface area contributed by atoms with Crippen LogP contribution in [0.5, 0.6) is 5.75 Å². The fourth-order valence-corrected chi connectivity index (χ4v) is 4.29. The highest BCUT2D eigenvalue weighted by molar-refractivity contribution is 7.13. The van der Waals surface area contributed by atoms with E-state index in [1.54, 1.807) is 25.4 Å². The number of pyridine rings is 1. The molecule has 5 nitrogen and oxygen atoms in total. The number of carbonyl (C=O) groups is 1. The number of amides is 1. The van der Waals surface area contributed by atoms with Gasteiger partial charge < -0.3 is 14.0 Å². The number of hydrogen-bond donors (Lipinski definition) is 0. The molecule has 1 aliphatic rings. The quantitative estimate of drug-likeness (QED) is 0.718. The average Bonchev–Trinajstić information content (AvgIpc) is 3.28. The predicted octanol–water partition coefficient (Wildman–Crippen LogP) is 3.80. The topological polar surface area (TPSA) is 46.8 Å². The van der Waals surface area contributed by atoms with Gasteiger partial charge >= 0.3 is 0 Å². The average molecular weight is 355 g/mol. The van der Waals surface area contributed by atoms with Gasteiger partial charge in [-0.3, -0.25) is 4.79 Å². The number of imidazole rings is 1. The minimum absolute atomic E-state index is 0.144. The lowest BCUT2D eigenvalue weighted by Crippen LogP contribution is -2.38. The minimum Gasteiger partial charge on any atom is -0.497 e. The van der Waals surface area contributed by atoms with Crippen LogP contribution >= 0.6 is 11.3 Å². The van der Waals surface area contributed by atoms with Crippen molar-refractivity contribution in [1.29, 1.82) is 0 Å². The van der Waals surface area contributed by atoms with Gasteiger partial charge in [0, 0.05) is 38.2 Å². The van der Waals surface area contributed by atoms with Crippen molar-refractivity contribution >= 4 is 22.8 Å². The molecule has 6 heteroatoms. The Morgan fingerprint density at radius 1 is 1.40 bits per heavy atom. The summed E-state index contributed by atoms with van der Waals surface area (Å²) in [4.78, 5) is 19.9. The van der Waals surface area contributed by atoms with Crippen molar-refractivity contribution < 1.29 is 9.53 Å². The summed E-state index contributed by atoms with van der Waals surface area (Å²) in [5.41, 5.74) is 2.04. The highest BCUT2D eigenvalue weighted by atomic mass is 32.1. The summed E-state index contributed by atoms with van der Waals surface area (Å²) in [6.45, 7) is 3.24. The molecule has 1 unspecified atom stereocenters. The number of fused-ring (bicyclic) bond motifs is 1. The molecule has 0 spiro atoms. The van der Waals surface area contributed by atoms with Crippen molar-refractivity contribution in [2.24, 2.45) is 0 Å². The van der Waals surface area contributed by atoms with Gasteiger partial charge in [0.15, 0.2) is 0 Å². The van der Waals surface area contributed by atoms with Gasteiger partial charge in [-0.25, -0.2) is 4.98 Å². The molecule has 1 amide bonds. The maximum Gasteiger partial charge on any atom is 0.219 e. The van der Waals surface area contributed by atoms with Crippen LogP contribution in [-0.4, -0.2) is 40.4 Å². The first-order chi connectivity index (χ1) is 12.2. The van der Waals surface area contributed by atoms with Gasteiger partial charge in [0.05, 0.1) is 17.5 Å². The second-order valence-electron chi connectivity index (χ2n) is 6.42. The molecule has 0 radical (unpaired) electrons. The van der Waals surface area contributed by atoms with Crippen molar-refractivity contribution in [2.75, 3.05) is 20.2 Å². The smallest absolute Gasteiger partial charge is 0.219 e. The van der Waals surface area contributed by atoms with E-state index in [9.17, 15) is 4.79 Å². The highest BCUT2D eigenvalue weighted by Crippen LogP contribution is 2.35. The number of likely N-dealkylation sites (tertiary alicyclic amines) is 1. The molecule has 0 saturated carbocycles. The van der Waals surface area contributed by atoms with Gasteiger partial charge in [-0.1, -0.05) is 6.07 Å². The van der Waals surface area contributed by atoms with Crippen LogP contribution in [0.1, 0.15) is 31.5 Å². The molecule has 0 bridgehead atoms. The van der Waals surface area contributed by atoms with E-state index >= 15 is 0 Å². The maximum absolute atomic E-state index is 11.8. The number of ether oxygens (including phenoxy) is 1. The summed E-state index contributed by atoms with van der Waals surface area (Å²) >= 11 is 1.69.